The molecule has 452 valence electrons. The molecule has 0 bridgehead atoms. The van der Waals surface area contributed by atoms with E-state index in [0.717, 1.165) is 89.9 Å². The van der Waals surface area contributed by atoms with Crippen LogP contribution in [0.3, 0.4) is 0 Å². The van der Waals surface area contributed by atoms with Crippen LogP contribution in [0, 0.1) is 0 Å². The number of hydrogen-bond donors (Lipinski definition) is 6. The average Bonchev–Trinajstić information content (AvgIpc) is 3.44. The van der Waals surface area contributed by atoms with Gasteiger partial charge in [-0.3, -0.25) is 9.59 Å². The Kier molecular flexibility index (Phi) is 51.3. The minimum absolute atomic E-state index is 0.0962. The predicted octanol–water partition coefficient (Wildman–Crippen LogP) is 15.6. The zero-order valence-corrected chi connectivity index (χ0v) is 50.0. The number of amides is 1. The first kappa shape index (κ1) is 73.1. The van der Waals surface area contributed by atoms with Gasteiger partial charge in [-0.1, -0.05) is 254 Å². The Morgan fingerprint density at radius 1 is 0.513 bits per heavy atom. The highest BCUT2D eigenvalue weighted by Gasteiger charge is 2.47. The molecule has 78 heavy (non-hydrogen) atoms. The zero-order valence-electron chi connectivity index (χ0n) is 50.0. The lowest BCUT2D eigenvalue weighted by Crippen LogP contribution is -2.61. The van der Waals surface area contributed by atoms with E-state index in [2.05, 4.69) is 86.8 Å². The monoisotopic (exact) mass is 1100 g/mol. The molecule has 1 rings (SSSR count). The summed E-state index contributed by atoms with van der Waals surface area (Å²) in [5.74, 6) is -1.22. The fourth-order valence-electron chi connectivity index (χ4n) is 9.76. The predicted molar refractivity (Wildman–Crippen MR) is 324 cm³/mol. The molecule has 8 atom stereocenters. The molecule has 1 saturated heterocycles. The van der Waals surface area contributed by atoms with Crippen LogP contribution in [0.2, 0.25) is 0 Å². The maximum absolute atomic E-state index is 13.4. The summed E-state index contributed by atoms with van der Waals surface area (Å²) in [5, 5.41) is 57.0. The lowest BCUT2D eigenvalue weighted by molar-refractivity contribution is -0.305. The van der Waals surface area contributed by atoms with Crippen molar-refractivity contribution in [3.63, 3.8) is 0 Å². The van der Waals surface area contributed by atoms with E-state index in [4.69, 9.17) is 14.2 Å². The zero-order chi connectivity index (χ0) is 56.8. The van der Waals surface area contributed by atoms with E-state index in [1.54, 1.807) is 6.08 Å². The van der Waals surface area contributed by atoms with Gasteiger partial charge in [-0.15, -0.1) is 0 Å². The molecule has 1 fully saturated rings. The summed E-state index contributed by atoms with van der Waals surface area (Å²) in [7, 11) is 0. The van der Waals surface area contributed by atoms with Gasteiger partial charge >= 0.3 is 5.97 Å². The molecule has 1 amide bonds. The van der Waals surface area contributed by atoms with Gasteiger partial charge in [0.2, 0.25) is 5.91 Å². The number of nitrogens with one attached hydrogen (secondary N) is 1. The number of aliphatic hydroxyl groups excluding tert-OH is 5. The largest absolute Gasteiger partial charge is 0.454 e. The SMILES string of the molecule is CC/C=C/C/C=C/C/C=C/CCCCCCC(=O)OC1C(OCC(NC(=O)C(O)CCCCCCCCCCCCCCCC/C=C\C/C=C\CCCCC)C(O)/C=C/CCCCCCCCCCC)OC(CO)C(O)C1O. The molecule has 6 N–H and O–H groups in total. The van der Waals surface area contributed by atoms with Crippen LogP contribution in [0.25, 0.3) is 0 Å². The Morgan fingerprint density at radius 3 is 1.41 bits per heavy atom. The summed E-state index contributed by atoms with van der Waals surface area (Å²) in [4.78, 5) is 26.5. The highest BCUT2D eigenvalue weighted by molar-refractivity contribution is 5.80. The van der Waals surface area contributed by atoms with Crippen molar-refractivity contribution in [3.8, 4) is 0 Å². The van der Waals surface area contributed by atoms with Crippen molar-refractivity contribution in [2.75, 3.05) is 13.2 Å². The Morgan fingerprint density at radius 2 is 0.923 bits per heavy atom. The smallest absolute Gasteiger partial charge is 0.306 e. The molecule has 0 aromatic heterocycles. The first-order valence-corrected chi connectivity index (χ1v) is 32.2. The highest BCUT2D eigenvalue weighted by atomic mass is 16.7. The van der Waals surface area contributed by atoms with E-state index in [1.165, 1.54) is 141 Å². The molecular weight excluding hydrogens is 979 g/mol. The van der Waals surface area contributed by atoms with Gasteiger partial charge in [0, 0.05) is 6.42 Å². The van der Waals surface area contributed by atoms with Crippen LogP contribution >= 0.6 is 0 Å². The quantitative estimate of drug-likeness (QED) is 0.0195. The molecule has 0 radical (unpaired) electrons. The van der Waals surface area contributed by atoms with Crippen LogP contribution in [0.5, 0.6) is 0 Å². The highest BCUT2D eigenvalue weighted by Crippen LogP contribution is 2.26. The van der Waals surface area contributed by atoms with Gasteiger partial charge in [-0.25, -0.2) is 0 Å². The number of unbranched alkanes of at least 4 members (excludes halogenated alkanes) is 30. The minimum Gasteiger partial charge on any atom is -0.454 e. The van der Waals surface area contributed by atoms with Crippen molar-refractivity contribution in [1.29, 1.82) is 0 Å². The van der Waals surface area contributed by atoms with Crippen molar-refractivity contribution in [2.45, 2.75) is 327 Å². The summed E-state index contributed by atoms with van der Waals surface area (Å²) >= 11 is 0. The van der Waals surface area contributed by atoms with Crippen LogP contribution in [-0.4, -0.2) is 99.6 Å². The van der Waals surface area contributed by atoms with E-state index in [9.17, 15) is 35.1 Å². The van der Waals surface area contributed by atoms with Crippen molar-refractivity contribution >= 4 is 11.9 Å². The Balaban J connectivity index is 2.60. The van der Waals surface area contributed by atoms with E-state index >= 15 is 0 Å². The number of hydrogen-bond acceptors (Lipinski definition) is 10. The molecule has 0 aromatic rings. The fraction of sp³-hybridized carbons (Fsp3) is 0.791. The second-order valence-electron chi connectivity index (χ2n) is 22.1. The summed E-state index contributed by atoms with van der Waals surface area (Å²) in [6.45, 7) is 5.64. The number of esters is 1. The van der Waals surface area contributed by atoms with E-state index < -0.39 is 67.4 Å². The fourth-order valence-corrected chi connectivity index (χ4v) is 9.76. The van der Waals surface area contributed by atoms with Crippen LogP contribution < -0.4 is 5.32 Å². The Hall–Kier alpha value is -2.90. The van der Waals surface area contributed by atoms with Crippen molar-refractivity contribution in [1.82, 2.24) is 5.32 Å². The molecule has 11 heteroatoms. The second kappa shape index (κ2) is 54.7. The van der Waals surface area contributed by atoms with E-state index in [0.29, 0.717) is 12.8 Å². The number of allylic oxidation sites excluding steroid dienone is 11. The molecule has 8 unspecified atom stereocenters. The molecule has 1 heterocycles. The van der Waals surface area contributed by atoms with Crippen LogP contribution in [0.15, 0.2) is 72.9 Å². The summed E-state index contributed by atoms with van der Waals surface area (Å²) in [6.07, 6.45) is 59.5. The standard InChI is InChI=1S/C67H119NO10/c1-4-7-10-13-16-19-22-24-26-27-28-29-30-31-32-33-34-35-36-39-42-45-48-51-54-60(71)66(75)68-58(59(70)53-50-47-44-41-38-21-18-15-12-9-6-3)57-76-67-65(64(74)63(73)61(56-69)77-67)78-62(72)55-52-49-46-43-40-37-25-23-20-17-14-11-8-5-2/h8,11,16-17,19-20,24-26,37,50,53,58-61,63-65,67,69-71,73-74H,4-7,9-10,12-15,18,21-23,27-36,38-49,51-52,54-57H2,1-3H3,(H,68,75)/b11-8+,19-16-,20-17+,26-24-,37-25+,53-50+. The first-order chi connectivity index (χ1) is 38.2. The lowest BCUT2D eigenvalue weighted by atomic mass is 9.99. The van der Waals surface area contributed by atoms with Crippen molar-refractivity contribution < 1.29 is 49.3 Å². The van der Waals surface area contributed by atoms with Gasteiger partial charge < -0.3 is 45.1 Å². The summed E-state index contributed by atoms with van der Waals surface area (Å²) in [6, 6.07) is -1.03. The third-order valence-corrected chi connectivity index (χ3v) is 14.8. The number of carbonyl (C=O) groups is 2. The second-order valence-corrected chi connectivity index (χ2v) is 22.1. The van der Waals surface area contributed by atoms with Gasteiger partial charge in [0.15, 0.2) is 12.4 Å². The molecule has 11 nitrogen and oxygen atoms in total. The maximum Gasteiger partial charge on any atom is 0.306 e. The molecule has 1 aliphatic heterocycles. The Labute approximate surface area is 477 Å². The van der Waals surface area contributed by atoms with Crippen LogP contribution in [0.4, 0.5) is 0 Å². The third-order valence-electron chi connectivity index (χ3n) is 14.8. The number of ether oxygens (including phenoxy) is 3. The van der Waals surface area contributed by atoms with Crippen LogP contribution in [-0.2, 0) is 23.8 Å². The summed E-state index contributed by atoms with van der Waals surface area (Å²) < 4.78 is 17.6. The molecule has 0 saturated carbocycles. The first-order valence-electron chi connectivity index (χ1n) is 32.2. The maximum atomic E-state index is 13.4. The van der Waals surface area contributed by atoms with E-state index in [-0.39, 0.29) is 19.4 Å². The van der Waals surface area contributed by atoms with E-state index in [1.807, 2.05) is 6.08 Å². The molecular formula is C67H119NO10. The number of aliphatic hydroxyl groups is 5. The number of carbonyl (C=O) groups excluding carboxylic acids is 2. The van der Waals surface area contributed by atoms with Crippen LogP contribution in [0.1, 0.15) is 278 Å². The van der Waals surface area contributed by atoms with Gasteiger partial charge in [-0.05, 0) is 89.9 Å². The van der Waals surface area contributed by atoms with Gasteiger partial charge in [0.05, 0.1) is 25.4 Å². The van der Waals surface area contributed by atoms with Gasteiger partial charge in [-0.2, -0.15) is 0 Å². The third kappa shape index (κ3) is 42.0. The van der Waals surface area contributed by atoms with Gasteiger partial charge in [0.1, 0.15) is 24.4 Å². The minimum atomic E-state index is -1.62. The van der Waals surface area contributed by atoms with Crippen molar-refractivity contribution in [3.05, 3.63) is 72.9 Å². The molecule has 1 aliphatic rings. The topological polar surface area (TPSA) is 175 Å². The summed E-state index contributed by atoms with van der Waals surface area (Å²) in [5.41, 5.74) is 0. The number of rotatable bonds is 54. The normalized spacial score (nSPS) is 19.4. The van der Waals surface area contributed by atoms with Crippen molar-refractivity contribution in [2.24, 2.45) is 0 Å². The van der Waals surface area contributed by atoms with Gasteiger partial charge in [0.25, 0.3) is 0 Å². The average molecular weight is 1100 g/mol. The lowest BCUT2D eigenvalue weighted by Gasteiger charge is -2.41. The Bertz CT molecular complexity index is 1540. The molecule has 0 aliphatic carbocycles. The molecule has 0 spiro atoms. The molecule has 0 aromatic carbocycles.